The Labute approximate surface area is 170 Å². The van der Waals surface area contributed by atoms with E-state index in [2.05, 4.69) is 30.3 Å². The fraction of sp³-hybridized carbons (Fsp3) is 0.304. The van der Waals surface area contributed by atoms with E-state index in [0.29, 0.717) is 25.3 Å². The Bertz CT molecular complexity index is 996. The van der Waals surface area contributed by atoms with Crippen LogP contribution in [0, 0.1) is 0 Å². The zero-order valence-electron chi connectivity index (χ0n) is 16.7. The Kier molecular flexibility index (Phi) is 5.25. The molecule has 0 radical (unpaired) electrons. The summed E-state index contributed by atoms with van der Waals surface area (Å²) in [6.07, 6.45) is 4.47. The molecule has 0 spiro atoms. The molecule has 150 valence electrons. The van der Waals surface area contributed by atoms with Crippen LogP contribution < -0.4 is 14.8 Å². The van der Waals surface area contributed by atoms with Gasteiger partial charge in [0.2, 0.25) is 0 Å². The van der Waals surface area contributed by atoms with Crippen LogP contribution in [0.2, 0.25) is 0 Å². The number of amides is 1. The maximum absolute atomic E-state index is 12.7. The van der Waals surface area contributed by atoms with E-state index in [9.17, 15) is 4.79 Å². The van der Waals surface area contributed by atoms with Crippen LogP contribution in [0.25, 0.3) is 0 Å². The highest BCUT2D eigenvalue weighted by Crippen LogP contribution is 2.41. The molecule has 1 aliphatic heterocycles. The number of hydrogen-bond donors (Lipinski definition) is 1. The SMILES string of the molecule is CC1(C)Cc2cccc(OCCNC(=O)c3ccccc3Cn3cccn3)c2O1. The number of hydrogen-bond acceptors (Lipinski definition) is 4. The van der Waals surface area contributed by atoms with Crippen molar-refractivity contribution in [2.75, 3.05) is 13.2 Å². The summed E-state index contributed by atoms with van der Waals surface area (Å²) in [4.78, 5) is 12.7. The molecule has 1 aromatic heterocycles. The number of fused-ring (bicyclic) bond motifs is 1. The number of rotatable bonds is 7. The van der Waals surface area contributed by atoms with Gasteiger partial charge in [0, 0.05) is 29.9 Å². The first kappa shape index (κ1) is 19.1. The molecule has 2 heterocycles. The summed E-state index contributed by atoms with van der Waals surface area (Å²) in [6.45, 7) is 5.46. The molecule has 2 aromatic carbocycles. The average Bonchev–Trinajstić information content (AvgIpc) is 3.31. The Morgan fingerprint density at radius 3 is 2.90 bits per heavy atom. The maximum Gasteiger partial charge on any atom is 0.251 e. The van der Waals surface area contributed by atoms with E-state index in [4.69, 9.17) is 9.47 Å². The Balaban J connectivity index is 1.34. The summed E-state index contributed by atoms with van der Waals surface area (Å²) < 4.78 is 13.7. The summed E-state index contributed by atoms with van der Waals surface area (Å²) in [5.41, 5.74) is 2.51. The first-order valence-electron chi connectivity index (χ1n) is 9.79. The van der Waals surface area contributed by atoms with Gasteiger partial charge in [0.15, 0.2) is 11.5 Å². The van der Waals surface area contributed by atoms with E-state index in [0.717, 1.165) is 29.0 Å². The van der Waals surface area contributed by atoms with Crippen molar-refractivity contribution in [1.29, 1.82) is 0 Å². The summed E-state index contributed by atoms with van der Waals surface area (Å²) in [7, 11) is 0. The van der Waals surface area contributed by atoms with Gasteiger partial charge in [-0.25, -0.2) is 0 Å². The molecule has 0 saturated heterocycles. The zero-order chi connectivity index (χ0) is 20.3. The molecule has 1 amide bonds. The lowest BCUT2D eigenvalue weighted by Crippen LogP contribution is -2.29. The minimum atomic E-state index is -0.214. The van der Waals surface area contributed by atoms with Gasteiger partial charge in [-0.15, -0.1) is 0 Å². The number of benzene rings is 2. The van der Waals surface area contributed by atoms with Gasteiger partial charge in [0.25, 0.3) is 5.91 Å². The molecule has 0 atom stereocenters. The standard InChI is InChI=1S/C23H25N3O3/c1-23(2)15-17-8-5-10-20(21(17)29-23)28-14-12-24-22(27)19-9-4-3-7-18(19)16-26-13-6-11-25-26/h3-11,13H,12,14-16H2,1-2H3,(H,24,27). The molecule has 6 heteroatoms. The summed E-state index contributed by atoms with van der Waals surface area (Å²) in [5.74, 6) is 1.42. The van der Waals surface area contributed by atoms with Crippen LogP contribution in [-0.4, -0.2) is 34.4 Å². The van der Waals surface area contributed by atoms with E-state index in [1.54, 1.807) is 10.9 Å². The molecular formula is C23H25N3O3. The molecule has 1 aliphatic rings. The minimum absolute atomic E-state index is 0.118. The van der Waals surface area contributed by atoms with Gasteiger partial charge in [0.1, 0.15) is 12.2 Å². The van der Waals surface area contributed by atoms with Crippen LogP contribution in [0.1, 0.15) is 35.3 Å². The van der Waals surface area contributed by atoms with Crippen molar-refractivity contribution in [2.45, 2.75) is 32.4 Å². The molecule has 6 nitrogen and oxygen atoms in total. The van der Waals surface area contributed by atoms with E-state index < -0.39 is 0 Å². The van der Waals surface area contributed by atoms with Crippen molar-refractivity contribution in [2.24, 2.45) is 0 Å². The van der Waals surface area contributed by atoms with Crippen LogP contribution >= 0.6 is 0 Å². The fourth-order valence-electron chi connectivity index (χ4n) is 3.57. The minimum Gasteiger partial charge on any atom is -0.488 e. The molecular weight excluding hydrogens is 366 g/mol. The second kappa shape index (κ2) is 7.99. The van der Waals surface area contributed by atoms with Crippen LogP contribution in [0.4, 0.5) is 0 Å². The number of nitrogens with zero attached hydrogens (tertiary/aromatic N) is 2. The van der Waals surface area contributed by atoms with Crippen LogP contribution in [-0.2, 0) is 13.0 Å². The van der Waals surface area contributed by atoms with Gasteiger partial charge in [-0.1, -0.05) is 30.3 Å². The third-order valence-corrected chi connectivity index (χ3v) is 4.85. The van der Waals surface area contributed by atoms with Crippen molar-refractivity contribution in [3.05, 3.63) is 77.6 Å². The number of carbonyl (C=O) groups excluding carboxylic acids is 1. The van der Waals surface area contributed by atoms with E-state index in [1.807, 2.05) is 48.7 Å². The first-order chi connectivity index (χ1) is 14.0. The zero-order valence-corrected chi connectivity index (χ0v) is 16.7. The molecule has 4 rings (SSSR count). The van der Waals surface area contributed by atoms with Crippen molar-refractivity contribution in [3.63, 3.8) is 0 Å². The molecule has 0 bridgehead atoms. The van der Waals surface area contributed by atoms with Gasteiger partial charge >= 0.3 is 0 Å². The van der Waals surface area contributed by atoms with Crippen LogP contribution in [0.3, 0.4) is 0 Å². The monoisotopic (exact) mass is 391 g/mol. The summed E-state index contributed by atoms with van der Waals surface area (Å²) in [5, 5.41) is 7.15. The topological polar surface area (TPSA) is 65.4 Å². The highest BCUT2D eigenvalue weighted by Gasteiger charge is 2.32. The lowest BCUT2D eigenvalue weighted by atomic mass is 10.0. The fourth-order valence-corrected chi connectivity index (χ4v) is 3.57. The van der Waals surface area contributed by atoms with Crippen LogP contribution in [0.15, 0.2) is 60.9 Å². The Morgan fingerprint density at radius 1 is 1.21 bits per heavy atom. The number of para-hydroxylation sites is 1. The number of aromatic nitrogens is 2. The van der Waals surface area contributed by atoms with Gasteiger partial charge in [-0.3, -0.25) is 9.48 Å². The molecule has 0 aliphatic carbocycles. The van der Waals surface area contributed by atoms with E-state index in [-0.39, 0.29) is 11.5 Å². The first-order valence-corrected chi connectivity index (χ1v) is 9.79. The predicted octanol–water partition coefficient (Wildman–Crippen LogP) is 3.45. The molecule has 0 fully saturated rings. The number of ether oxygens (including phenoxy) is 2. The second-order valence-corrected chi connectivity index (χ2v) is 7.75. The van der Waals surface area contributed by atoms with E-state index >= 15 is 0 Å². The van der Waals surface area contributed by atoms with Gasteiger partial charge in [-0.2, -0.15) is 5.10 Å². The van der Waals surface area contributed by atoms with Crippen LogP contribution in [0.5, 0.6) is 11.5 Å². The molecule has 0 unspecified atom stereocenters. The van der Waals surface area contributed by atoms with Crippen molar-refractivity contribution >= 4 is 5.91 Å². The summed E-state index contributed by atoms with van der Waals surface area (Å²) >= 11 is 0. The normalized spacial score (nSPS) is 14.1. The maximum atomic E-state index is 12.7. The largest absolute Gasteiger partial charge is 0.488 e. The lowest BCUT2D eigenvalue weighted by molar-refractivity contribution is 0.0945. The third-order valence-electron chi connectivity index (χ3n) is 4.85. The third kappa shape index (κ3) is 4.42. The van der Waals surface area contributed by atoms with Crippen molar-refractivity contribution < 1.29 is 14.3 Å². The molecule has 29 heavy (non-hydrogen) atoms. The molecule has 0 saturated carbocycles. The number of nitrogens with one attached hydrogen (secondary N) is 1. The van der Waals surface area contributed by atoms with Gasteiger partial charge in [-0.05, 0) is 37.6 Å². The Hall–Kier alpha value is -3.28. The van der Waals surface area contributed by atoms with Crippen molar-refractivity contribution in [3.8, 4) is 11.5 Å². The number of carbonyl (C=O) groups is 1. The summed E-state index contributed by atoms with van der Waals surface area (Å²) in [6, 6.07) is 15.4. The lowest BCUT2D eigenvalue weighted by Gasteiger charge is -2.18. The highest BCUT2D eigenvalue weighted by molar-refractivity contribution is 5.95. The van der Waals surface area contributed by atoms with Crippen molar-refractivity contribution in [1.82, 2.24) is 15.1 Å². The van der Waals surface area contributed by atoms with Gasteiger partial charge in [0.05, 0.1) is 13.1 Å². The smallest absolute Gasteiger partial charge is 0.251 e. The average molecular weight is 391 g/mol. The highest BCUT2D eigenvalue weighted by atomic mass is 16.5. The van der Waals surface area contributed by atoms with E-state index in [1.165, 1.54) is 0 Å². The Morgan fingerprint density at radius 2 is 2.07 bits per heavy atom. The van der Waals surface area contributed by atoms with Gasteiger partial charge < -0.3 is 14.8 Å². The quantitative estimate of drug-likeness (QED) is 0.627. The molecule has 1 N–H and O–H groups in total. The predicted molar refractivity (Wildman–Crippen MR) is 110 cm³/mol. The second-order valence-electron chi connectivity index (χ2n) is 7.75. The molecule has 3 aromatic rings.